The minimum Gasteiger partial charge on any atom is -0.466 e. The first-order valence-corrected chi connectivity index (χ1v) is 6.09. The van der Waals surface area contributed by atoms with Gasteiger partial charge in [0.05, 0.1) is 13.0 Å². The third-order valence-electron chi connectivity index (χ3n) is 1.90. The van der Waals surface area contributed by atoms with Gasteiger partial charge in [-0.2, -0.15) is 0 Å². The molecule has 0 heterocycles. The molecular weight excluding hydrogens is 364 g/mol. The van der Waals surface area contributed by atoms with Crippen LogP contribution in [-0.4, -0.2) is 18.9 Å². The van der Waals surface area contributed by atoms with Gasteiger partial charge in [0.1, 0.15) is 5.75 Å². The molecule has 1 aromatic carbocycles. The van der Waals surface area contributed by atoms with E-state index < -0.39 is 12.3 Å². The Morgan fingerprint density at radius 2 is 2.06 bits per heavy atom. The fourth-order valence-electron chi connectivity index (χ4n) is 1.26. The van der Waals surface area contributed by atoms with Crippen LogP contribution in [0, 0.1) is 3.57 Å². The van der Waals surface area contributed by atoms with Gasteiger partial charge in [0.25, 0.3) is 0 Å². The van der Waals surface area contributed by atoms with Crippen molar-refractivity contribution in [1.29, 1.82) is 0 Å². The standard InChI is InChI=1S/C11H10F3IO3/c1-2-17-10(16)5-7-3-4-8(15)6-9(7)18-11(12,13)14/h3-4,6H,2,5H2,1H3. The van der Waals surface area contributed by atoms with E-state index in [9.17, 15) is 18.0 Å². The second kappa shape index (κ2) is 6.26. The molecule has 1 rings (SSSR count). The van der Waals surface area contributed by atoms with E-state index in [1.165, 1.54) is 12.1 Å². The van der Waals surface area contributed by atoms with Crippen molar-refractivity contribution < 1.29 is 27.4 Å². The van der Waals surface area contributed by atoms with Crippen molar-refractivity contribution in [1.82, 2.24) is 0 Å². The van der Waals surface area contributed by atoms with Crippen molar-refractivity contribution in [2.24, 2.45) is 0 Å². The molecule has 0 unspecified atom stereocenters. The Labute approximate surface area is 115 Å². The first-order chi connectivity index (χ1) is 8.31. The van der Waals surface area contributed by atoms with E-state index in [4.69, 9.17) is 0 Å². The van der Waals surface area contributed by atoms with Crippen molar-refractivity contribution in [2.75, 3.05) is 6.61 Å². The fourth-order valence-corrected chi connectivity index (χ4v) is 1.72. The van der Waals surface area contributed by atoms with Crippen molar-refractivity contribution in [3.8, 4) is 5.75 Å². The summed E-state index contributed by atoms with van der Waals surface area (Å²) in [5.41, 5.74) is 0.145. The quantitative estimate of drug-likeness (QED) is 0.600. The highest BCUT2D eigenvalue weighted by Gasteiger charge is 2.32. The maximum Gasteiger partial charge on any atom is 0.573 e. The number of halogens is 4. The molecule has 0 saturated carbocycles. The average Bonchev–Trinajstić information content (AvgIpc) is 2.20. The van der Waals surface area contributed by atoms with Gasteiger partial charge in [-0.25, -0.2) is 0 Å². The summed E-state index contributed by atoms with van der Waals surface area (Å²) in [5, 5.41) is 0. The number of carbonyl (C=O) groups is 1. The molecule has 0 saturated heterocycles. The van der Waals surface area contributed by atoms with Crippen LogP contribution in [0.1, 0.15) is 12.5 Å². The Hall–Kier alpha value is -0.990. The lowest BCUT2D eigenvalue weighted by atomic mass is 10.1. The maximum absolute atomic E-state index is 12.2. The van der Waals surface area contributed by atoms with Gasteiger partial charge >= 0.3 is 12.3 Å². The number of esters is 1. The molecule has 0 atom stereocenters. The average molecular weight is 374 g/mol. The maximum atomic E-state index is 12.2. The van der Waals surface area contributed by atoms with Crippen LogP contribution in [0.4, 0.5) is 13.2 Å². The summed E-state index contributed by atoms with van der Waals surface area (Å²) in [6.07, 6.45) is -5.04. The van der Waals surface area contributed by atoms with Crippen LogP contribution in [-0.2, 0) is 16.0 Å². The predicted octanol–water partition coefficient (Wildman–Crippen LogP) is 3.30. The SMILES string of the molecule is CCOC(=O)Cc1ccc(I)cc1OC(F)(F)F. The minimum absolute atomic E-state index is 0.145. The third-order valence-corrected chi connectivity index (χ3v) is 2.57. The molecule has 0 aliphatic heterocycles. The van der Waals surface area contributed by atoms with E-state index in [2.05, 4.69) is 9.47 Å². The van der Waals surface area contributed by atoms with Gasteiger partial charge < -0.3 is 9.47 Å². The summed E-state index contributed by atoms with van der Waals surface area (Å²) in [6.45, 7) is 1.80. The molecule has 3 nitrogen and oxygen atoms in total. The fraction of sp³-hybridized carbons (Fsp3) is 0.364. The number of hydrogen-bond donors (Lipinski definition) is 0. The van der Waals surface area contributed by atoms with Gasteiger partial charge in [0.15, 0.2) is 0 Å². The minimum atomic E-state index is -4.78. The van der Waals surface area contributed by atoms with Crippen LogP contribution in [0.3, 0.4) is 0 Å². The van der Waals surface area contributed by atoms with Gasteiger partial charge in [-0.05, 0) is 41.6 Å². The van der Waals surface area contributed by atoms with Gasteiger partial charge in [-0.3, -0.25) is 4.79 Å². The number of rotatable bonds is 4. The van der Waals surface area contributed by atoms with E-state index in [1.54, 1.807) is 13.0 Å². The Balaban J connectivity index is 2.93. The van der Waals surface area contributed by atoms with Crippen LogP contribution < -0.4 is 4.74 Å². The summed E-state index contributed by atoms with van der Waals surface area (Å²) in [4.78, 5) is 11.3. The van der Waals surface area contributed by atoms with E-state index in [0.717, 1.165) is 0 Å². The number of benzene rings is 1. The van der Waals surface area contributed by atoms with Gasteiger partial charge in [0, 0.05) is 9.13 Å². The smallest absolute Gasteiger partial charge is 0.466 e. The Morgan fingerprint density at radius 1 is 1.39 bits per heavy atom. The van der Waals surface area contributed by atoms with Crippen LogP contribution in [0.5, 0.6) is 5.75 Å². The first-order valence-electron chi connectivity index (χ1n) is 5.01. The molecule has 1 aromatic rings. The molecule has 0 bridgehead atoms. The molecule has 0 radical (unpaired) electrons. The van der Waals surface area contributed by atoms with Gasteiger partial charge in [-0.1, -0.05) is 6.07 Å². The molecule has 18 heavy (non-hydrogen) atoms. The molecule has 7 heteroatoms. The molecule has 0 N–H and O–H groups in total. The molecule has 0 spiro atoms. The van der Waals surface area contributed by atoms with Crippen molar-refractivity contribution in [2.45, 2.75) is 19.7 Å². The topological polar surface area (TPSA) is 35.5 Å². The molecule has 0 aromatic heterocycles. The van der Waals surface area contributed by atoms with Crippen molar-refractivity contribution in [3.05, 3.63) is 27.3 Å². The normalized spacial score (nSPS) is 11.2. The molecule has 0 aliphatic carbocycles. The Bertz CT molecular complexity index is 432. The number of carbonyl (C=O) groups excluding carboxylic acids is 1. The zero-order chi connectivity index (χ0) is 13.8. The highest BCUT2D eigenvalue weighted by atomic mass is 127. The first kappa shape index (κ1) is 15.1. The third kappa shape index (κ3) is 5.11. The monoisotopic (exact) mass is 374 g/mol. The van der Waals surface area contributed by atoms with Crippen LogP contribution in [0.25, 0.3) is 0 Å². The zero-order valence-corrected chi connectivity index (χ0v) is 11.5. The van der Waals surface area contributed by atoms with E-state index >= 15 is 0 Å². The van der Waals surface area contributed by atoms with Crippen LogP contribution in [0.2, 0.25) is 0 Å². The van der Waals surface area contributed by atoms with Gasteiger partial charge in [-0.15, -0.1) is 13.2 Å². The number of hydrogen-bond acceptors (Lipinski definition) is 3. The second-order valence-electron chi connectivity index (χ2n) is 3.28. The Morgan fingerprint density at radius 3 is 2.61 bits per heavy atom. The summed E-state index contributed by atoms with van der Waals surface area (Å²) < 4.78 is 45.7. The van der Waals surface area contributed by atoms with E-state index in [0.29, 0.717) is 3.57 Å². The van der Waals surface area contributed by atoms with Crippen LogP contribution in [0.15, 0.2) is 18.2 Å². The lowest BCUT2D eigenvalue weighted by Crippen LogP contribution is -2.19. The lowest BCUT2D eigenvalue weighted by Gasteiger charge is -2.13. The summed E-state index contributed by atoms with van der Waals surface area (Å²) in [6, 6.07) is 4.24. The molecule has 0 aliphatic rings. The largest absolute Gasteiger partial charge is 0.573 e. The highest BCUT2D eigenvalue weighted by Crippen LogP contribution is 2.28. The predicted molar refractivity (Wildman–Crippen MR) is 66.2 cm³/mol. The van der Waals surface area contributed by atoms with Crippen molar-refractivity contribution in [3.63, 3.8) is 0 Å². The second-order valence-corrected chi connectivity index (χ2v) is 4.53. The zero-order valence-electron chi connectivity index (χ0n) is 9.38. The van der Waals surface area contributed by atoms with E-state index in [-0.39, 0.29) is 24.3 Å². The molecular formula is C11H10F3IO3. The lowest BCUT2D eigenvalue weighted by molar-refractivity contribution is -0.275. The molecule has 0 amide bonds. The van der Waals surface area contributed by atoms with E-state index in [1.807, 2.05) is 22.6 Å². The van der Waals surface area contributed by atoms with Crippen molar-refractivity contribution >= 4 is 28.6 Å². The number of alkyl halides is 3. The number of ether oxygens (including phenoxy) is 2. The highest BCUT2D eigenvalue weighted by molar-refractivity contribution is 14.1. The molecule has 100 valence electrons. The summed E-state index contributed by atoms with van der Waals surface area (Å²) in [7, 11) is 0. The summed E-state index contributed by atoms with van der Waals surface area (Å²) in [5.74, 6) is -0.965. The Kier molecular flexibility index (Phi) is 5.24. The van der Waals surface area contributed by atoms with Crippen LogP contribution >= 0.6 is 22.6 Å². The summed E-state index contributed by atoms with van der Waals surface area (Å²) >= 11 is 1.86. The van der Waals surface area contributed by atoms with Gasteiger partial charge in [0.2, 0.25) is 0 Å². The molecule has 0 fully saturated rings.